The summed E-state index contributed by atoms with van der Waals surface area (Å²) in [6.07, 6.45) is 0.715. The van der Waals surface area contributed by atoms with Crippen molar-refractivity contribution in [3.63, 3.8) is 0 Å². The maximum atomic E-state index is 13.2. The van der Waals surface area contributed by atoms with Crippen LogP contribution in [0.2, 0.25) is 0 Å². The minimum absolute atomic E-state index is 0.147. The number of nitrogens with zero attached hydrogens (tertiary/aromatic N) is 2. The van der Waals surface area contributed by atoms with Crippen LogP contribution < -0.4 is 19.7 Å². The SMILES string of the molecule is Cc1sc(NC(=O)c2ccc3c(c2)OCO3)nc1-c1ccc2c(c1)CCN2C(=O)c1ccc(F)cc1. The topological polar surface area (TPSA) is 80.8 Å². The van der Waals surface area contributed by atoms with Gasteiger partial charge in [-0.1, -0.05) is 6.07 Å². The first-order valence-electron chi connectivity index (χ1n) is 11.4. The summed E-state index contributed by atoms with van der Waals surface area (Å²) in [5, 5.41) is 3.37. The maximum Gasteiger partial charge on any atom is 0.258 e. The van der Waals surface area contributed by atoms with Crippen LogP contribution in [0.4, 0.5) is 15.2 Å². The van der Waals surface area contributed by atoms with Gasteiger partial charge in [-0.3, -0.25) is 14.9 Å². The fourth-order valence-corrected chi connectivity index (χ4v) is 5.26. The van der Waals surface area contributed by atoms with Crippen molar-refractivity contribution in [2.45, 2.75) is 13.3 Å². The Bertz CT molecular complexity index is 1520. The minimum Gasteiger partial charge on any atom is -0.454 e. The van der Waals surface area contributed by atoms with E-state index in [0.29, 0.717) is 40.7 Å². The molecule has 7 nitrogen and oxygen atoms in total. The molecule has 0 bridgehead atoms. The molecule has 1 aromatic heterocycles. The molecule has 6 rings (SSSR count). The summed E-state index contributed by atoms with van der Waals surface area (Å²) in [6, 6.07) is 16.5. The van der Waals surface area contributed by atoms with Crippen molar-refractivity contribution in [1.82, 2.24) is 4.98 Å². The van der Waals surface area contributed by atoms with Crippen molar-refractivity contribution in [2.24, 2.45) is 0 Å². The Balaban J connectivity index is 1.21. The molecule has 0 fully saturated rings. The van der Waals surface area contributed by atoms with Gasteiger partial charge in [0.25, 0.3) is 11.8 Å². The lowest BCUT2D eigenvalue weighted by Crippen LogP contribution is -2.28. The van der Waals surface area contributed by atoms with Crippen molar-refractivity contribution in [2.75, 3.05) is 23.6 Å². The van der Waals surface area contributed by atoms with Crippen molar-refractivity contribution in [3.05, 3.63) is 88.0 Å². The second kappa shape index (κ2) is 8.76. The van der Waals surface area contributed by atoms with Gasteiger partial charge in [-0.15, -0.1) is 11.3 Å². The molecule has 0 saturated carbocycles. The smallest absolute Gasteiger partial charge is 0.258 e. The number of hydrogen-bond acceptors (Lipinski definition) is 6. The number of halogens is 1. The van der Waals surface area contributed by atoms with E-state index in [-0.39, 0.29) is 24.4 Å². The Kier molecular flexibility index (Phi) is 5.41. The largest absolute Gasteiger partial charge is 0.454 e. The van der Waals surface area contributed by atoms with Crippen LogP contribution in [0.3, 0.4) is 0 Å². The second-order valence-corrected chi connectivity index (χ2v) is 9.71. The van der Waals surface area contributed by atoms with Gasteiger partial charge in [-0.25, -0.2) is 9.37 Å². The molecular formula is C27H20FN3O4S. The molecule has 0 atom stereocenters. The van der Waals surface area contributed by atoms with Crippen LogP contribution in [0.1, 0.15) is 31.2 Å². The Morgan fingerprint density at radius 2 is 1.78 bits per heavy atom. The lowest BCUT2D eigenvalue weighted by Gasteiger charge is -2.17. The molecule has 36 heavy (non-hydrogen) atoms. The fraction of sp³-hybridized carbons (Fsp3) is 0.148. The average Bonchev–Trinajstić information content (AvgIpc) is 3.61. The minimum atomic E-state index is -0.372. The standard InChI is InChI=1S/C27H20FN3O4S/c1-15-24(29-27(36-15)30-25(32)19-5-9-22-23(13-19)35-14-34-22)18-4-8-21-17(12-18)10-11-31(21)26(33)16-2-6-20(28)7-3-16/h2-9,12-13H,10-11,14H2,1H3,(H,29,30,32). The highest BCUT2D eigenvalue weighted by Gasteiger charge is 2.26. The van der Waals surface area contributed by atoms with E-state index in [1.165, 1.54) is 35.6 Å². The van der Waals surface area contributed by atoms with Gasteiger partial charge in [0.2, 0.25) is 6.79 Å². The lowest BCUT2D eigenvalue weighted by atomic mass is 10.1. The highest BCUT2D eigenvalue weighted by Crippen LogP contribution is 2.37. The molecule has 2 aliphatic rings. The average molecular weight is 502 g/mol. The molecule has 4 aromatic rings. The predicted molar refractivity (Wildman–Crippen MR) is 135 cm³/mol. The number of carbonyl (C=O) groups excluding carboxylic acids is 2. The summed E-state index contributed by atoms with van der Waals surface area (Å²) >= 11 is 1.40. The molecule has 0 spiro atoms. The number of hydrogen-bond donors (Lipinski definition) is 1. The number of amides is 2. The molecule has 9 heteroatoms. The first-order chi connectivity index (χ1) is 17.5. The van der Waals surface area contributed by atoms with Crippen molar-refractivity contribution >= 4 is 34.0 Å². The number of carbonyl (C=O) groups is 2. The van der Waals surface area contributed by atoms with Gasteiger partial charge in [0.1, 0.15) is 5.82 Å². The normalized spacial score (nSPS) is 13.6. The molecule has 2 aliphatic heterocycles. The van der Waals surface area contributed by atoms with Crippen molar-refractivity contribution < 1.29 is 23.5 Å². The molecule has 0 saturated heterocycles. The van der Waals surface area contributed by atoms with Crippen LogP contribution in [0.25, 0.3) is 11.3 Å². The summed E-state index contributed by atoms with van der Waals surface area (Å²) < 4.78 is 23.9. The Morgan fingerprint density at radius 1 is 1.00 bits per heavy atom. The molecule has 2 amide bonds. The number of rotatable bonds is 4. The summed E-state index contributed by atoms with van der Waals surface area (Å²) in [5.74, 6) is 0.359. The van der Waals surface area contributed by atoms with E-state index >= 15 is 0 Å². The third-order valence-electron chi connectivity index (χ3n) is 6.24. The van der Waals surface area contributed by atoms with E-state index in [0.717, 1.165) is 27.4 Å². The van der Waals surface area contributed by atoms with Crippen molar-refractivity contribution in [1.29, 1.82) is 0 Å². The third-order valence-corrected chi connectivity index (χ3v) is 7.12. The number of fused-ring (bicyclic) bond motifs is 2. The number of benzene rings is 3. The molecule has 3 aromatic carbocycles. The monoisotopic (exact) mass is 501 g/mol. The first kappa shape index (κ1) is 22.2. The predicted octanol–water partition coefficient (Wildman–Crippen LogP) is 5.44. The van der Waals surface area contributed by atoms with E-state index in [2.05, 4.69) is 10.3 Å². The zero-order valence-electron chi connectivity index (χ0n) is 19.2. The molecule has 0 radical (unpaired) electrons. The molecular weight excluding hydrogens is 481 g/mol. The lowest BCUT2D eigenvalue weighted by molar-refractivity contribution is 0.0987. The number of aryl methyl sites for hydroxylation is 1. The summed E-state index contributed by atoms with van der Waals surface area (Å²) in [4.78, 5) is 33.1. The van der Waals surface area contributed by atoms with Crippen LogP contribution >= 0.6 is 11.3 Å². The van der Waals surface area contributed by atoms with Crippen molar-refractivity contribution in [3.8, 4) is 22.8 Å². The van der Waals surface area contributed by atoms with E-state index in [1.54, 1.807) is 23.1 Å². The zero-order valence-corrected chi connectivity index (χ0v) is 20.0. The van der Waals surface area contributed by atoms with E-state index in [1.807, 2.05) is 25.1 Å². The van der Waals surface area contributed by atoms with Gasteiger partial charge in [-0.2, -0.15) is 0 Å². The Morgan fingerprint density at radius 3 is 2.61 bits per heavy atom. The molecule has 1 N–H and O–H groups in total. The van der Waals surface area contributed by atoms with Gasteiger partial charge in [0.15, 0.2) is 16.6 Å². The molecule has 0 unspecified atom stereocenters. The third kappa shape index (κ3) is 3.97. The number of anilines is 2. The molecule has 3 heterocycles. The first-order valence-corrected chi connectivity index (χ1v) is 12.2. The van der Waals surface area contributed by atoms with Crippen LogP contribution in [-0.2, 0) is 6.42 Å². The molecule has 0 aliphatic carbocycles. The second-order valence-electron chi connectivity index (χ2n) is 8.50. The summed E-state index contributed by atoms with van der Waals surface area (Å²) in [7, 11) is 0. The quantitative estimate of drug-likeness (QED) is 0.403. The van der Waals surface area contributed by atoms with Crippen LogP contribution in [-0.4, -0.2) is 30.1 Å². The van der Waals surface area contributed by atoms with E-state index < -0.39 is 0 Å². The summed E-state index contributed by atoms with van der Waals surface area (Å²) in [5.41, 5.74) is 4.50. The van der Waals surface area contributed by atoms with Gasteiger partial charge in [0, 0.05) is 33.8 Å². The number of nitrogens with one attached hydrogen (secondary N) is 1. The van der Waals surface area contributed by atoms with E-state index in [4.69, 9.17) is 9.47 Å². The summed E-state index contributed by atoms with van der Waals surface area (Å²) in [6.45, 7) is 2.66. The van der Waals surface area contributed by atoms with Crippen LogP contribution in [0.5, 0.6) is 11.5 Å². The maximum absolute atomic E-state index is 13.2. The van der Waals surface area contributed by atoms with Gasteiger partial charge >= 0.3 is 0 Å². The van der Waals surface area contributed by atoms with Gasteiger partial charge in [0.05, 0.1) is 5.69 Å². The van der Waals surface area contributed by atoms with Crippen LogP contribution in [0, 0.1) is 12.7 Å². The zero-order chi connectivity index (χ0) is 24.8. The van der Waals surface area contributed by atoms with Gasteiger partial charge < -0.3 is 14.4 Å². The Hall–Kier alpha value is -4.24. The highest BCUT2D eigenvalue weighted by molar-refractivity contribution is 7.16. The number of thiazole rings is 1. The Labute approximate surface area is 210 Å². The van der Waals surface area contributed by atoms with Crippen LogP contribution in [0.15, 0.2) is 60.7 Å². The van der Waals surface area contributed by atoms with E-state index in [9.17, 15) is 14.0 Å². The van der Waals surface area contributed by atoms with Gasteiger partial charge in [-0.05, 0) is 73.5 Å². The fourth-order valence-electron chi connectivity index (χ4n) is 4.43. The number of aromatic nitrogens is 1. The highest BCUT2D eigenvalue weighted by atomic mass is 32.1. The number of ether oxygens (including phenoxy) is 2. The molecule has 180 valence electrons.